The molecule has 1 amide bonds. The Kier molecular flexibility index (Phi) is 3.04. The van der Waals surface area contributed by atoms with Gasteiger partial charge in [-0.25, -0.2) is 4.39 Å². The van der Waals surface area contributed by atoms with Crippen LogP contribution >= 0.6 is 0 Å². The molecule has 1 aromatic carbocycles. The van der Waals surface area contributed by atoms with Crippen LogP contribution in [0.5, 0.6) is 0 Å². The summed E-state index contributed by atoms with van der Waals surface area (Å²) in [6.07, 6.45) is 1.50. The standard InChI is InChI=1S/C13H13FN2O/c1-8(2)16-13(17)10-5-9-6-11(14)3-4-12(9)15-7-10/h3-8H,1-2H3,(H,16,17). The van der Waals surface area contributed by atoms with Crippen LogP contribution in [-0.4, -0.2) is 16.9 Å². The zero-order valence-electron chi connectivity index (χ0n) is 9.70. The minimum absolute atomic E-state index is 0.0608. The number of rotatable bonds is 2. The van der Waals surface area contributed by atoms with Crippen LogP contribution in [0, 0.1) is 5.82 Å². The monoisotopic (exact) mass is 232 g/mol. The highest BCUT2D eigenvalue weighted by atomic mass is 19.1. The highest BCUT2D eigenvalue weighted by Crippen LogP contribution is 2.14. The van der Waals surface area contributed by atoms with Crippen LogP contribution in [0.3, 0.4) is 0 Å². The Bertz CT molecular complexity index is 566. The van der Waals surface area contributed by atoms with E-state index in [4.69, 9.17) is 0 Å². The van der Waals surface area contributed by atoms with E-state index >= 15 is 0 Å². The summed E-state index contributed by atoms with van der Waals surface area (Å²) in [5.41, 5.74) is 1.12. The Morgan fingerprint density at radius 2 is 2.12 bits per heavy atom. The van der Waals surface area contributed by atoms with Crippen LogP contribution in [0.15, 0.2) is 30.5 Å². The number of fused-ring (bicyclic) bond motifs is 1. The molecule has 2 aromatic rings. The molecule has 0 aliphatic carbocycles. The maximum absolute atomic E-state index is 13.1. The zero-order chi connectivity index (χ0) is 12.4. The van der Waals surface area contributed by atoms with Crippen molar-refractivity contribution in [1.29, 1.82) is 0 Å². The van der Waals surface area contributed by atoms with Crippen molar-refractivity contribution in [3.8, 4) is 0 Å². The number of nitrogens with zero attached hydrogens (tertiary/aromatic N) is 1. The van der Waals surface area contributed by atoms with E-state index in [-0.39, 0.29) is 17.8 Å². The number of aromatic nitrogens is 1. The molecule has 1 heterocycles. The molecule has 0 unspecified atom stereocenters. The third-order valence-corrected chi connectivity index (χ3v) is 2.33. The summed E-state index contributed by atoms with van der Waals surface area (Å²) in [6.45, 7) is 3.76. The van der Waals surface area contributed by atoms with Crippen LogP contribution in [0.4, 0.5) is 4.39 Å². The summed E-state index contributed by atoms with van der Waals surface area (Å²) in [6, 6.07) is 6.01. The van der Waals surface area contributed by atoms with E-state index in [0.717, 1.165) is 0 Å². The van der Waals surface area contributed by atoms with Crippen molar-refractivity contribution in [3.63, 3.8) is 0 Å². The molecule has 0 saturated heterocycles. The lowest BCUT2D eigenvalue weighted by molar-refractivity contribution is 0.0943. The van der Waals surface area contributed by atoms with E-state index in [2.05, 4.69) is 10.3 Å². The predicted octanol–water partition coefficient (Wildman–Crippen LogP) is 2.51. The predicted molar refractivity (Wildman–Crippen MR) is 64.3 cm³/mol. The Morgan fingerprint density at radius 1 is 1.35 bits per heavy atom. The molecule has 0 spiro atoms. The van der Waals surface area contributed by atoms with Crippen LogP contribution < -0.4 is 5.32 Å². The lowest BCUT2D eigenvalue weighted by Gasteiger charge is -2.08. The third-order valence-electron chi connectivity index (χ3n) is 2.33. The molecule has 0 radical (unpaired) electrons. The number of nitrogens with one attached hydrogen (secondary N) is 1. The molecule has 0 bridgehead atoms. The summed E-state index contributed by atoms with van der Waals surface area (Å²) < 4.78 is 13.1. The largest absolute Gasteiger partial charge is 0.350 e. The molecular weight excluding hydrogens is 219 g/mol. The Morgan fingerprint density at radius 3 is 2.82 bits per heavy atom. The van der Waals surface area contributed by atoms with Crippen LogP contribution in [0.1, 0.15) is 24.2 Å². The molecule has 3 nitrogen and oxygen atoms in total. The molecule has 88 valence electrons. The van der Waals surface area contributed by atoms with E-state index < -0.39 is 0 Å². The fourth-order valence-electron chi connectivity index (χ4n) is 1.57. The zero-order valence-corrected chi connectivity index (χ0v) is 9.70. The molecule has 4 heteroatoms. The van der Waals surface area contributed by atoms with Gasteiger partial charge >= 0.3 is 0 Å². The van der Waals surface area contributed by atoms with E-state index in [0.29, 0.717) is 16.5 Å². The average Bonchev–Trinajstić information content (AvgIpc) is 2.27. The van der Waals surface area contributed by atoms with Gasteiger partial charge in [-0.3, -0.25) is 9.78 Å². The first kappa shape index (κ1) is 11.5. The minimum atomic E-state index is -0.333. The van der Waals surface area contributed by atoms with E-state index in [1.54, 1.807) is 12.1 Å². The van der Waals surface area contributed by atoms with Crippen molar-refractivity contribution >= 4 is 16.8 Å². The molecule has 0 atom stereocenters. The number of benzene rings is 1. The summed E-state index contributed by atoms with van der Waals surface area (Å²) >= 11 is 0. The third kappa shape index (κ3) is 2.58. The van der Waals surface area contributed by atoms with Crippen molar-refractivity contribution in [2.45, 2.75) is 19.9 Å². The van der Waals surface area contributed by atoms with Crippen molar-refractivity contribution in [3.05, 3.63) is 41.8 Å². The maximum Gasteiger partial charge on any atom is 0.253 e. The van der Waals surface area contributed by atoms with Crippen molar-refractivity contribution in [1.82, 2.24) is 10.3 Å². The van der Waals surface area contributed by atoms with E-state index in [1.165, 1.54) is 18.3 Å². The summed E-state index contributed by atoms with van der Waals surface area (Å²) in [5, 5.41) is 3.39. The molecule has 0 fully saturated rings. The number of amides is 1. The normalized spacial score (nSPS) is 10.8. The van der Waals surface area contributed by atoms with Crippen LogP contribution in [-0.2, 0) is 0 Å². The molecular formula is C13H13FN2O. The number of hydrogen-bond acceptors (Lipinski definition) is 2. The van der Waals surface area contributed by atoms with Gasteiger partial charge in [0.2, 0.25) is 0 Å². The van der Waals surface area contributed by atoms with Crippen molar-refractivity contribution < 1.29 is 9.18 Å². The van der Waals surface area contributed by atoms with Gasteiger partial charge < -0.3 is 5.32 Å². The number of halogens is 1. The van der Waals surface area contributed by atoms with Gasteiger partial charge in [-0.05, 0) is 38.1 Å². The number of hydrogen-bond donors (Lipinski definition) is 1. The van der Waals surface area contributed by atoms with Gasteiger partial charge in [0.15, 0.2) is 0 Å². The lowest BCUT2D eigenvalue weighted by Crippen LogP contribution is -2.30. The minimum Gasteiger partial charge on any atom is -0.350 e. The number of carbonyl (C=O) groups is 1. The van der Waals surface area contributed by atoms with Gasteiger partial charge in [-0.15, -0.1) is 0 Å². The fourth-order valence-corrected chi connectivity index (χ4v) is 1.57. The van der Waals surface area contributed by atoms with E-state index in [1.807, 2.05) is 13.8 Å². The smallest absolute Gasteiger partial charge is 0.253 e. The second kappa shape index (κ2) is 4.49. The van der Waals surface area contributed by atoms with E-state index in [9.17, 15) is 9.18 Å². The topological polar surface area (TPSA) is 42.0 Å². The Labute approximate surface area is 98.7 Å². The van der Waals surface area contributed by atoms with Gasteiger partial charge in [0.1, 0.15) is 5.82 Å². The lowest BCUT2D eigenvalue weighted by atomic mass is 10.1. The van der Waals surface area contributed by atoms with Gasteiger partial charge in [0.05, 0.1) is 11.1 Å². The average molecular weight is 232 g/mol. The summed E-state index contributed by atoms with van der Waals surface area (Å²) in [5.74, 6) is -0.528. The summed E-state index contributed by atoms with van der Waals surface area (Å²) in [7, 11) is 0. The van der Waals surface area contributed by atoms with Crippen molar-refractivity contribution in [2.75, 3.05) is 0 Å². The molecule has 0 saturated carbocycles. The molecule has 2 rings (SSSR count). The Hall–Kier alpha value is -1.97. The Balaban J connectivity index is 2.40. The molecule has 0 aliphatic rings. The summed E-state index contributed by atoms with van der Waals surface area (Å²) in [4.78, 5) is 15.9. The quantitative estimate of drug-likeness (QED) is 0.864. The molecule has 1 N–H and O–H groups in total. The molecule has 17 heavy (non-hydrogen) atoms. The maximum atomic E-state index is 13.1. The van der Waals surface area contributed by atoms with Gasteiger partial charge in [0, 0.05) is 17.6 Å². The van der Waals surface area contributed by atoms with Crippen LogP contribution in [0.25, 0.3) is 10.9 Å². The fraction of sp³-hybridized carbons (Fsp3) is 0.231. The second-order valence-corrected chi connectivity index (χ2v) is 4.19. The second-order valence-electron chi connectivity index (χ2n) is 4.19. The van der Waals surface area contributed by atoms with Gasteiger partial charge in [-0.1, -0.05) is 0 Å². The first-order valence-corrected chi connectivity index (χ1v) is 5.42. The number of carbonyl (C=O) groups excluding carboxylic acids is 1. The van der Waals surface area contributed by atoms with Crippen LogP contribution in [0.2, 0.25) is 0 Å². The van der Waals surface area contributed by atoms with Gasteiger partial charge in [-0.2, -0.15) is 0 Å². The van der Waals surface area contributed by atoms with Gasteiger partial charge in [0.25, 0.3) is 5.91 Å². The first-order valence-electron chi connectivity index (χ1n) is 5.42. The highest BCUT2D eigenvalue weighted by molar-refractivity contribution is 5.97. The SMILES string of the molecule is CC(C)NC(=O)c1cnc2ccc(F)cc2c1. The molecule has 1 aromatic heterocycles. The first-order chi connectivity index (χ1) is 8.06. The van der Waals surface area contributed by atoms with Crippen molar-refractivity contribution in [2.24, 2.45) is 0 Å². The molecule has 0 aliphatic heterocycles. The highest BCUT2D eigenvalue weighted by Gasteiger charge is 2.08. The number of pyridine rings is 1.